The summed E-state index contributed by atoms with van der Waals surface area (Å²) < 4.78 is 2.02. The van der Waals surface area contributed by atoms with E-state index < -0.39 is 0 Å². The molecule has 1 fully saturated rings. The number of aryl methyl sites for hydroxylation is 1. The maximum absolute atomic E-state index is 12.3. The number of benzene rings is 1. The van der Waals surface area contributed by atoms with Crippen LogP contribution in [0.4, 0.5) is 5.95 Å². The molecule has 0 radical (unpaired) electrons. The van der Waals surface area contributed by atoms with E-state index in [-0.39, 0.29) is 18.3 Å². The number of hydrogen-bond donors (Lipinski definition) is 0. The zero-order valence-electron chi connectivity index (χ0n) is 12.7. The van der Waals surface area contributed by atoms with E-state index in [2.05, 4.69) is 9.88 Å². The van der Waals surface area contributed by atoms with Gasteiger partial charge in [-0.1, -0.05) is 30.3 Å². The summed E-state index contributed by atoms with van der Waals surface area (Å²) in [6.07, 6.45) is 4.24. The lowest BCUT2D eigenvalue weighted by molar-refractivity contribution is -0.130. The highest BCUT2D eigenvalue weighted by Gasteiger charge is 2.22. The van der Waals surface area contributed by atoms with Gasteiger partial charge in [0, 0.05) is 45.6 Å². The van der Waals surface area contributed by atoms with Gasteiger partial charge in [-0.15, -0.1) is 12.4 Å². The van der Waals surface area contributed by atoms with E-state index in [9.17, 15) is 4.79 Å². The molecule has 0 atom stereocenters. The second-order valence-corrected chi connectivity index (χ2v) is 5.37. The van der Waals surface area contributed by atoms with Crippen LogP contribution in [0.5, 0.6) is 0 Å². The minimum absolute atomic E-state index is 0. The summed E-state index contributed by atoms with van der Waals surface area (Å²) in [7, 11) is 2.00. The average molecular weight is 321 g/mol. The van der Waals surface area contributed by atoms with Crippen molar-refractivity contribution in [3.05, 3.63) is 48.3 Å². The molecule has 0 aliphatic carbocycles. The molecule has 3 rings (SSSR count). The number of halogens is 1. The van der Waals surface area contributed by atoms with Gasteiger partial charge in [0.05, 0.1) is 6.42 Å². The summed E-state index contributed by atoms with van der Waals surface area (Å²) in [6, 6.07) is 9.92. The van der Waals surface area contributed by atoms with Gasteiger partial charge in [-0.3, -0.25) is 4.79 Å². The molecule has 22 heavy (non-hydrogen) atoms. The quantitative estimate of drug-likeness (QED) is 0.865. The van der Waals surface area contributed by atoms with Crippen molar-refractivity contribution < 1.29 is 4.79 Å². The van der Waals surface area contributed by atoms with Crippen LogP contribution in [0.15, 0.2) is 42.7 Å². The highest BCUT2D eigenvalue weighted by atomic mass is 35.5. The number of anilines is 1. The van der Waals surface area contributed by atoms with E-state index in [1.165, 1.54) is 0 Å². The van der Waals surface area contributed by atoms with Crippen LogP contribution in [0, 0.1) is 0 Å². The lowest BCUT2D eigenvalue weighted by atomic mass is 10.1. The zero-order chi connectivity index (χ0) is 14.7. The van der Waals surface area contributed by atoms with E-state index in [4.69, 9.17) is 0 Å². The predicted octanol–water partition coefficient (Wildman–Crippen LogP) is 1.73. The number of aromatic nitrogens is 2. The van der Waals surface area contributed by atoms with Gasteiger partial charge in [-0.25, -0.2) is 4.98 Å². The Balaban J connectivity index is 0.00000176. The molecule has 1 amide bonds. The number of carbonyl (C=O) groups is 1. The molecular weight excluding hydrogens is 300 g/mol. The number of hydrogen-bond acceptors (Lipinski definition) is 3. The van der Waals surface area contributed by atoms with Crippen molar-refractivity contribution in [2.75, 3.05) is 31.1 Å². The second kappa shape index (κ2) is 7.31. The Morgan fingerprint density at radius 1 is 1.14 bits per heavy atom. The maximum atomic E-state index is 12.3. The Kier molecular flexibility index (Phi) is 5.44. The van der Waals surface area contributed by atoms with Gasteiger partial charge in [-0.2, -0.15) is 0 Å². The van der Waals surface area contributed by atoms with Crippen LogP contribution < -0.4 is 4.90 Å². The summed E-state index contributed by atoms with van der Waals surface area (Å²) in [5, 5.41) is 0. The van der Waals surface area contributed by atoms with E-state index in [0.717, 1.165) is 37.7 Å². The fourth-order valence-electron chi connectivity index (χ4n) is 2.70. The monoisotopic (exact) mass is 320 g/mol. The van der Waals surface area contributed by atoms with Gasteiger partial charge in [0.15, 0.2) is 0 Å². The fourth-order valence-corrected chi connectivity index (χ4v) is 2.70. The molecule has 118 valence electrons. The number of rotatable bonds is 3. The summed E-state index contributed by atoms with van der Waals surface area (Å²) in [5.74, 6) is 1.19. The third-order valence-electron chi connectivity index (χ3n) is 3.91. The highest BCUT2D eigenvalue weighted by molar-refractivity contribution is 5.85. The lowest BCUT2D eigenvalue weighted by Crippen LogP contribution is -2.49. The normalized spacial score (nSPS) is 14.6. The topological polar surface area (TPSA) is 41.4 Å². The van der Waals surface area contributed by atoms with Crippen LogP contribution in [-0.4, -0.2) is 46.5 Å². The standard InChI is InChI=1S/C16H20N4O.ClH/c1-18-8-7-17-16(18)20-11-9-19(10-12-20)15(21)13-14-5-3-2-4-6-14;/h2-8H,9-13H2,1H3;1H. The Morgan fingerprint density at radius 3 is 2.41 bits per heavy atom. The molecule has 0 bridgehead atoms. The zero-order valence-corrected chi connectivity index (χ0v) is 13.5. The van der Waals surface area contributed by atoms with Gasteiger partial charge < -0.3 is 14.4 Å². The van der Waals surface area contributed by atoms with E-state index in [1.807, 2.05) is 59.2 Å². The molecule has 2 heterocycles. The second-order valence-electron chi connectivity index (χ2n) is 5.37. The van der Waals surface area contributed by atoms with E-state index in [0.29, 0.717) is 6.42 Å². The van der Waals surface area contributed by atoms with Crippen LogP contribution in [0.3, 0.4) is 0 Å². The molecule has 1 aliphatic rings. The van der Waals surface area contributed by atoms with Crippen molar-refractivity contribution in [1.82, 2.24) is 14.5 Å². The molecule has 2 aromatic rings. The van der Waals surface area contributed by atoms with Crippen molar-refractivity contribution in [1.29, 1.82) is 0 Å². The molecule has 0 spiro atoms. The Hall–Kier alpha value is -2.01. The molecule has 1 aromatic heterocycles. The molecular formula is C16H21ClN4O. The number of nitrogens with zero attached hydrogens (tertiary/aromatic N) is 4. The fraction of sp³-hybridized carbons (Fsp3) is 0.375. The van der Waals surface area contributed by atoms with Crippen molar-refractivity contribution in [2.24, 2.45) is 7.05 Å². The van der Waals surface area contributed by atoms with E-state index >= 15 is 0 Å². The van der Waals surface area contributed by atoms with Gasteiger partial charge in [0.25, 0.3) is 0 Å². The maximum Gasteiger partial charge on any atom is 0.227 e. The molecule has 5 nitrogen and oxygen atoms in total. The number of amides is 1. The molecule has 1 aliphatic heterocycles. The van der Waals surface area contributed by atoms with Crippen LogP contribution in [-0.2, 0) is 18.3 Å². The van der Waals surface area contributed by atoms with Crippen LogP contribution >= 0.6 is 12.4 Å². The molecule has 1 saturated heterocycles. The summed E-state index contributed by atoms with van der Waals surface area (Å²) in [4.78, 5) is 20.9. The Morgan fingerprint density at radius 2 is 1.82 bits per heavy atom. The van der Waals surface area contributed by atoms with Crippen LogP contribution in [0.2, 0.25) is 0 Å². The molecule has 0 N–H and O–H groups in total. The van der Waals surface area contributed by atoms with Crippen molar-refractivity contribution in [3.63, 3.8) is 0 Å². The number of piperazine rings is 1. The third kappa shape index (κ3) is 3.60. The summed E-state index contributed by atoms with van der Waals surface area (Å²) >= 11 is 0. The van der Waals surface area contributed by atoms with Gasteiger partial charge in [0.1, 0.15) is 0 Å². The van der Waals surface area contributed by atoms with Gasteiger partial charge in [-0.05, 0) is 5.56 Å². The Bertz CT molecular complexity index is 606. The average Bonchev–Trinajstić information content (AvgIpc) is 2.94. The molecule has 1 aromatic carbocycles. The smallest absolute Gasteiger partial charge is 0.227 e. The summed E-state index contributed by atoms with van der Waals surface area (Å²) in [6.45, 7) is 3.20. The number of imidazole rings is 1. The lowest BCUT2D eigenvalue weighted by Gasteiger charge is -2.35. The summed E-state index contributed by atoms with van der Waals surface area (Å²) in [5.41, 5.74) is 1.08. The largest absolute Gasteiger partial charge is 0.339 e. The van der Waals surface area contributed by atoms with Crippen LogP contribution in [0.1, 0.15) is 5.56 Å². The van der Waals surface area contributed by atoms with Gasteiger partial charge >= 0.3 is 0 Å². The van der Waals surface area contributed by atoms with Crippen molar-refractivity contribution in [2.45, 2.75) is 6.42 Å². The first-order valence-corrected chi connectivity index (χ1v) is 7.28. The first-order chi connectivity index (χ1) is 10.2. The molecule has 0 saturated carbocycles. The first-order valence-electron chi connectivity index (χ1n) is 7.28. The highest BCUT2D eigenvalue weighted by Crippen LogP contribution is 2.13. The minimum Gasteiger partial charge on any atom is -0.339 e. The minimum atomic E-state index is 0. The molecule has 6 heteroatoms. The first kappa shape index (κ1) is 16.4. The van der Waals surface area contributed by atoms with Crippen molar-refractivity contribution in [3.8, 4) is 0 Å². The third-order valence-corrected chi connectivity index (χ3v) is 3.91. The molecule has 0 unspecified atom stereocenters. The predicted molar refractivity (Wildman–Crippen MR) is 89.4 cm³/mol. The van der Waals surface area contributed by atoms with Crippen LogP contribution in [0.25, 0.3) is 0 Å². The van der Waals surface area contributed by atoms with E-state index in [1.54, 1.807) is 0 Å². The van der Waals surface area contributed by atoms with Crippen molar-refractivity contribution >= 4 is 24.3 Å². The number of carbonyl (C=O) groups excluding carboxylic acids is 1. The SMILES string of the molecule is Cl.Cn1ccnc1N1CCN(C(=O)Cc2ccccc2)CC1. The van der Waals surface area contributed by atoms with Gasteiger partial charge in [0.2, 0.25) is 11.9 Å². The Labute approximate surface area is 137 Å².